The maximum absolute atomic E-state index is 12.4. The van der Waals surface area contributed by atoms with Crippen LogP contribution in [0.15, 0.2) is 60.7 Å². The third-order valence-electron chi connectivity index (χ3n) is 4.29. The van der Waals surface area contributed by atoms with Crippen molar-refractivity contribution in [2.24, 2.45) is 0 Å². The van der Waals surface area contributed by atoms with Gasteiger partial charge < -0.3 is 19.5 Å². The van der Waals surface area contributed by atoms with Crippen LogP contribution in [0.3, 0.4) is 0 Å². The average Bonchev–Trinajstić information content (AvgIpc) is 2.72. The average molecular weight is 379 g/mol. The largest absolute Gasteiger partial charge is 0.493 e. The zero-order chi connectivity index (χ0) is 20.1. The van der Waals surface area contributed by atoms with Crippen molar-refractivity contribution in [3.63, 3.8) is 0 Å². The van der Waals surface area contributed by atoms with Crippen molar-refractivity contribution in [1.82, 2.24) is 0 Å². The second-order valence-electron chi connectivity index (χ2n) is 6.17. The van der Waals surface area contributed by atoms with Gasteiger partial charge in [-0.3, -0.25) is 4.79 Å². The van der Waals surface area contributed by atoms with Crippen molar-refractivity contribution >= 4 is 28.3 Å². The van der Waals surface area contributed by atoms with Crippen LogP contribution < -0.4 is 14.8 Å². The van der Waals surface area contributed by atoms with Crippen molar-refractivity contribution in [3.8, 4) is 11.5 Å². The van der Waals surface area contributed by atoms with Crippen LogP contribution in [-0.4, -0.2) is 32.2 Å². The van der Waals surface area contributed by atoms with Gasteiger partial charge in [-0.2, -0.15) is 0 Å². The fourth-order valence-electron chi connectivity index (χ4n) is 2.76. The van der Waals surface area contributed by atoms with Gasteiger partial charge in [-0.05, 0) is 48.0 Å². The van der Waals surface area contributed by atoms with Crippen LogP contribution in [0.1, 0.15) is 17.3 Å². The molecule has 0 aliphatic carbocycles. The molecule has 0 fully saturated rings. The zero-order valence-electron chi connectivity index (χ0n) is 15.9. The molecule has 1 N–H and O–H groups in total. The van der Waals surface area contributed by atoms with Gasteiger partial charge in [-0.15, -0.1) is 0 Å². The Morgan fingerprint density at radius 2 is 1.57 bits per heavy atom. The number of hydrogen-bond donors (Lipinski definition) is 1. The number of fused-ring (bicyclic) bond motifs is 1. The Kier molecular flexibility index (Phi) is 5.79. The predicted octanol–water partition coefficient (Wildman–Crippen LogP) is 4.04. The minimum absolute atomic E-state index is 0.267. The second kappa shape index (κ2) is 8.43. The van der Waals surface area contributed by atoms with Gasteiger partial charge in [0.15, 0.2) is 17.6 Å². The first-order valence-corrected chi connectivity index (χ1v) is 8.74. The van der Waals surface area contributed by atoms with Gasteiger partial charge in [-0.25, -0.2) is 4.79 Å². The summed E-state index contributed by atoms with van der Waals surface area (Å²) in [5, 5.41) is 4.86. The van der Waals surface area contributed by atoms with E-state index in [1.165, 1.54) is 27.2 Å². The number of hydrogen-bond acceptors (Lipinski definition) is 5. The number of carbonyl (C=O) groups is 2. The molecule has 6 nitrogen and oxygen atoms in total. The molecule has 0 bridgehead atoms. The first kappa shape index (κ1) is 19.2. The minimum atomic E-state index is -0.966. The molecule has 1 amide bonds. The molecular weight excluding hydrogens is 358 g/mol. The van der Waals surface area contributed by atoms with Gasteiger partial charge in [0, 0.05) is 5.69 Å². The SMILES string of the molecule is COc1ccc(C(=O)O[C@@H](C)C(=O)Nc2ccc3ccccc3c2)cc1OC. The third kappa shape index (κ3) is 4.23. The van der Waals surface area contributed by atoms with Gasteiger partial charge in [0.25, 0.3) is 5.91 Å². The number of rotatable bonds is 6. The van der Waals surface area contributed by atoms with Crippen molar-refractivity contribution in [2.75, 3.05) is 19.5 Å². The van der Waals surface area contributed by atoms with Gasteiger partial charge >= 0.3 is 5.97 Å². The second-order valence-corrected chi connectivity index (χ2v) is 6.17. The Balaban J connectivity index is 1.66. The minimum Gasteiger partial charge on any atom is -0.493 e. The van der Waals surface area contributed by atoms with Gasteiger partial charge in [0.05, 0.1) is 19.8 Å². The normalized spacial score (nSPS) is 11.5. The van der Waals surface area contributed by atoms with Crippen LogP contribution in [0.2, 0.25) is 0 Å². The maximum atomic E-state index is 12.4. The highest BCUT2D eigenvalue weighted by molar-refractivity contribution is 5.99. The number of benzene rings is 3. The van der Waals surface area contributed by atoms with E-state index in [2.05, 4.69) is 5.32 Å². The monoisotopic (exact) mass is 379 g/mol. The molecule has 3 aromatic rings. The first-order chi connectivity index (χ1) is 13.5. The quantitative estimate of drug-likeness (QED) is 0.654. The van der Waals surface area contributed by atoms with E-state index in [1.54, 1.807) is 12.1 Å². The van der Waals surface area contributed by atoms with E-state index < -0.39 is 18.0 Å². The fourth-order valence-corrected chi connectivity index (χ4v) is 2.76. The predicted molar refractivity (Wildman–Crippen MR) is 107 cm³/mol. The molecule has 0 aromatic heterocycles. The zero-order valence-corrected chi connectivity index (χ0v) is 15.9. The molecule has 0 saturated carbocycles. The summed E-state index contributed by atoms with van der Waals surface area (Å²) in [6.07, 6.45) is -0.966. The van der Waals surface area contributed by atoms with Gasteiger partial charge in [-0.1, -0.05) is 30.3 Å². The molecule has 0 unspecified atom stereocenters. The molecule has 0 radical (unpaired) electrons. The lowest BCUT2D eigenvalue weighted by Gasteiger charge is -2.15. The highest BCUT2D eigenvalue weighted by Crippen LogP contribution is 2.28. The van der Waals surface area contributed by atoms with Crippen LogP contribution in [0, 0.1) is 0 Å². The Bertz CT molecular complexity index is 1010. The summed E-state index contributed by atoms with van der Waals surface area (Å²) in [6.45, 7) is 1.52. The Labute approximate surface area is 163 Å². The number of nitrogens with one attached hydrogen (secondary N) is 1. The fraction of sp³-hybridized carbons (Fsp3) is 0.182. The molecule has 144 valence electrons. The summed E-state index contributed by atoms with van der Waals surface area (Å²) in [5.41, 5.74) is 0.903. The number of amides is 1. The van der Waals surface area contributed by atoms with E-state index >= 15 is 0 Å². The molecule has 0 spiro atoms. The summed E-state index contributed by atoms with van der Waals surface area (Å²) in [4.78, 5) is 24.8. The summed E-state index contributed by atoms with van der Waals surface area (Å²) < 4.78 is 15.6. The molecule has 1 atom stereocenters. The number of esters is 1. The standard InChI is InChI=1S/C22H21NO5/c1-14(28-22(25)17-9-11-19(26-2)20(13-17)27-3)21(24)23-18-10-8-15-6-4-5-7-16(15)12-18/h4-14H,1-3H3,(H,23,24)/t14-/m0/s1. The highest BCUT2D eigenvalue weighted by atomic mass is 16.5. The summed E-state index contributed by atoms with van der Waals surface area (Å²) in [7, 11) is 2.99. The van der Waals surface area contributed by atoms with E-state index in [0.717, 1.165) is 10.8 Å². The van der Waals surface area contributed by atoms with Crippen LogP contribution in [0.5, 0.6) is 11.5 Å². The molecular formula is C22H21NO5. The van der Waals surface area contributed by atoms with Crippen LogP contribution in [0.25, 0.3) is 10.8 Å². The number of anilines is 1. The first-order valence-electron chi connectivity index (χ1n) is 8.74. The van der Waals surface area contributed by atoms with E-state index in [1.807, 2.05) is 42.5 Å². The summed E-state index contributed by atoms with van der Waals surface area (Å²) >= 11 is 0. The number of carbonyl (C=O) groups excluding carboxylic acids is 2. The molecule has 6 heteroatoms. The Hall–Kier alpha value is -3.54. The maximum Gasteiger partial charge on any atom is 0.339 e. The van der Waals surface area contributed by atoms with Crippen LogP contribution in [-0.2, 0) is 9.53 Å². The molecule has 28 heavy (non-hydrogen) atoms. The smallest absolute Gasteiger partial charge is 0.339 e. The molecule has 3 aromatic carbocycles. The summed E-state index contributed by atoms with van der Waals surface area (Å²) in [5.74, 6) is -0.127. The van der Waals surface area contributed by atoms with E-state index in [0.29, 0.717) is 17.2 Å². The van der Waals surface area contributed by atoms with Crippen molar-refractivity contribution in [1.29, 1.82) is 0 Å². The van der Waals surface area contributed by atoms with Crippen molar-refractivity contribution in [3.05, 3.63) is 66.2 Å². The third-order valence-corrected chi connectivity index (χ3v) is 4.29. The molecule has 3 rings (SSSR count). The van der Waals surface area contributed by atoms with E-state index in [-0.39, 0.29) is 5.56 Å². The number of methoxy groups -OCH3 is 2. The van der Waals surface area contributed by atoms with Crippen molar-refractivity contribution < 1.29 is 23.8 Å². The number of ether oxygens (including phenoxy) is 3. The topological polar surface area (TPSA) is 73.9 Å². The molecule has 0 saturated heterocycles. The highest BCUT2D eigenvalue weighted by Gasteiger charge is 2.20. The lowest BCUT2D eigenvalue weighted by molar-refractivity contribution is -0.123. The van der Waals surface area contributed by atoms with Crippen LogP contribution in [0.4, 0.5) is 5.69 Å². The van der Waals surface area contributed by atoms with Gasteiger partial charge in [0.1, 0.15) is 0 Å². The lowest BCUT2D eigenvalue weighted by atomic mass is 10.1. The molecule has 0 heterocycles. The molecule has 0 aliphatic rings. The van der Waals surface area contributed by atoms with Crippen LogP contribution >= 0.6 is 0 Å². The lowest BCUT2D eigenvalue weighted by Crippen LogP contribution is -2.30. The van der Waals surface area contributed by atoms with E-state index in [9.17, 15) is 9.59 Å². The summed E-state index contributed by atoms with van der Waals surface area (Å²) in [6, 6.07) is 18.1. The van der Waals surface area contributed by atoms with Crippen molar-refractivity contribution in [2.45, 2.75) is 13.0 Å². The Morgan fingerprint density at radius 1 is 0.857 bits per heavy atom. The Morgan fingerprint density at radius 3 is 2.29 bits per heavy atom. The molecule has 0 aliphatic heterocycles. The van der Waals surface area contributed by atoms with Gasteiger partial charge in [0.2, 0.25) is 0 Å². The van der Waals surface area contributed by atoms with E-state index in [4.69, 9.17) is 14.2 Å².